The quantitative estimate of drug-likeness (QED) is 0.741. The van der Waals surface area contributed by atoms with Crippen LogP contribution in [0.4, 0.5) is 5.82 Å². The van der Waals surface area contributed by atoms with Gasteiger partial charge in [0.2, 0.25) is 5.91 Å². The largest absolute Gasteiger partial charge is 0.477 e. The Balaban J connectivity index is 2.07. The van der Waals surface area contributed by atoms with Crippen LogP contribution >= 0.6 is 0 Å². The van der Waals surface area contributed by atoms with E-state index in [0.29, 0.717) is 12.4 Å². The number of pyridine rings is 1. The molecule has 1 heterocycles. The molecule has 4 N–H and O–H groups in total. The van der Waals surface area contributed by atoms with E-state index in [2.05, 4.69) is 10.3 Å². The minimum absolute atomic E-state index is 0.0236. The number of rotatable bonds is 5. The van der Waals surface area contributed by atoms with Crippen molar-refractivity contribution in [1.82, 2.24) is 4.98 Å². The molecule has 19 heavy (non-hydrogen) atoms. The third kappa shape index (κ3) is 2.83. The van der Waals surface area contributed by atoms with Gasteiger partial charge in [-0.05, 0) is 25.0 Å². The average Bonchev–Trinajstić information content (AvgIpc) is 2.87. The maximum Gasteiger partial charge on any atom is 0.354 e. The highest BCUT2D eigenvalue weighted by atomic mass is 16.4. The zero-order valence-corrected chi connectivity index (χ0v) is 10.6. The first-order valence-electron chi connectivity index (χ1n) is 6.28. The van der Waals surface area contributed by atoms with E-state index in [-0.39, 0.29) is 11.6 Å². The van der Waals surface area contributed by atoms with E-state index in [9.17, 15) is 9.59 Å². The molecule has 2 rings (SSSR count). The van der Waals surface area contributed by atoms with E-state index in [1.807, 2.05) is 0 Å². The summed E-state index contributed by atoms with van der Waals surface area (Å²) in [5, 5.41) is 11.9. The monoisotopic (exact) mass is 263 g/mol. The van der Waals surface area contributed by atoms with Crippen LogP contribution in [0.3, 0.4) is 0 Å². The molecule has 0 atom stereocenters. The van der Waals surface area contributed by atoms with Gasteiger partial charge in [0.15, 0.2) is 5.69 Å². The number of aromatic nitrogens is 1. The molecule has 6 heteroatoms. The number of carboxylic acids is 1. The Morgan fingerprint density at radius 1 is 1.37 bits per heavy atom. The summed E-state index contributed by atoms with van der Waals surface area (Å²) < 4.78 is 0. The molecule has 6 nitrogen and oxygen atoms in total. The number of amides is 1. The van der Waals surface area contributed by atoms with E-state index >= 15 is 0 Å². The summed E-state index contributed by atoms with van der Waals surface area (Å²) in [5.74, 6) is -0.923. The number of hydrogen-bond donors (Lipinski definition) is 3. The summed E-state index contributed by atoms with van der Waals surface area (Å²) >= 11 is 0. The van der Waals surface area contributed by atoms with Crippen molar-refractivity contribution in [3.05, 3.63) is 23.9 Å². The van der Waals surface area contributed by atoms with Crippen molar-refractivity contribution in [2.75, 3.05) is 11.9 Å². The van der Waals surface area contributed by atoms with Crippen molar-refractivity contribution >= 4 is 17.7 Å². The third-order valence-corrected chi connectivity index (χ3v) is 3.66. The maximum atomic E-state index is 11.6. The smallest absolute Gasteiger partial charge is 0.354 e. The molecule has 0 aromatic carbocycles. The van der Waals surface area contributed by atoms with Gasteiger partial charge < -0.3 is 16.2 Å². The third-order valence-electron chi connectivity index (χ3n) is 3.66. The average molecular weight is 263 g/mol. The van der Waals surface area contributed by atoms with Gasteiger partial charge in [-0.2, -0.15) is 0 Å². The van der Waals surface area contributed by atoms with Gasteiger partial charge in [-0.3, -0.25) is 4.79 Å². The van der Waals surface area contributed by atoms with Crippen LogP contribution in [0.1, 0.15) is 36.2 Å². The van der Waals surface area contributed by atoms with Gasteiger partial charge in [0.1, 0.15) is 5.82 Å². The lowest BCUT2D eigenvalue weighted by Gasteiger charge is -2.25. The molecule has 1 saturated carbocycles. The maximum absolute atomic E-state index is 11.6. The van der Waals surface area contributed by atoms with Crippen LogP contribution in [0.5, 0.6) is 0 Å². The normalized spacial score (nSPS) is 17.1. The van der Waals surface area contributed by atoms with Crippen LogP contribution < -0.4 is 11.1 Å². The number of hydrogen-bond acceptors (Lipinski definition) is 4. The van der Waals surface area contributed by atoms with Crippen LogP contribution in [-0.4, -0.2) is 28.5 Å². The van der Waals surface area contributed by atoms with Gasteiger partial charge in [0.25, 0.3) is 0 Å². The Kier molecular flexibility index (Phi) is 3.69. The highest BCUT2D eigenvalue weighted by Crippen LogP contribution is 2.37. The van der Waals surface area contributed by atoms with E-state index in [4.69, 9.17) is 10.8 Å². The number of primary amides is 1. The number of carboxylic acid groups (broad SMARTS) is 1. The van der Waals surface area contributed by atoms with Crippen molar-refractivity contribution < 1.29 is 14.7 Å². The Morgan fingerprint density at radius 3 is 2.63 bits per heavy atom. The number of nitrogens with zero attached hydrogens (tertiary/aromatic N) is 1. The van der Waals surface area contributed by atoms with E-state index in [1.165, 1.54) is 6.07 Å². The molecule has 0 saturated heterocycles. The number of aromatic carboxylic acids is 1. The summed E-state index contributed by atoms with van der Waals surface area (Å²) in [6, 6.07) is 4.72. The van der Waals surface area contributed by atoms with Crippen molar-refractivity contribution in [2.45, 2.75) is 25.7 Å². The Bertz CT molecular complexity index is 496. The van der Waals surface area contributed by atoms with Gasteiger partial charge in [0, 0.05) is 6.54 Å². The SMILES string of the molecule is NC(=O)C1(CNc2cccc(C(=O)O)n2)CCCC1. The molecule has 1 fully saturated rings. The lowest BCUT2D eigenvalue weighted by molar-refractivity contribution is -0.126. The van der Waals surface area contributed by atoms with E-state index in [1.54, 1.807) is 12.1 Å². The first kappa shape index (κ1) is 13.3. The molecule has 102 valence electrons. The van der Waals surface area contributed by atoms with Gasteiger partial charge in [-0.25, -0.2) is 9.78 Å². The number of nitrogens with two attached hydrogens (primary N) is 1. The van der Waals surface area contributed by atoms with Crippen molar-refractivity contribution in [1.29, 1.82) is 0 Å². The predicted molar refractivity (Wildman–Crippen MR) is 69.8 cm³/mol. The lowest BCUT2D eigenvalue weighted by atomic mass is 9.85. The zero-order chi connectivity index (χ0) is 13.9. The Morgan fingerprint density at radius 2 is 2.05 bits per heavy atom. The predicted octanol–water partition coefficient (Wildman–Crippen LogP) is 1.24. The number of carbonyl (C=O) groups is 2. The first-order chi connectivity index (χ1) is 9.03. The summed E-state index contributed by atoms with van der Waals surface area (Å²) in [4.78, 5) is 26.4. The number of carbonyl (C=O) groups excluding carboxylic acids is 1. The molecule has 0 spiro atoms. The first-order valence-corrected chi connectivity index (χ1v) is 6.28. The molecule has 1 amide bonds. The second-order valence-corrected chi connectivity index (χ2v) is 4.92. The van der Waals surface area contributed by atoms with Crippen molar-refractivity contribution in [3.63, 3.8) is 0 Å². The molecule has 0 bridgehead atoms. The van der Waals surface area contributed by atoms with E-state index in [0.717, 1.165) is 25.7 Å². The highest BCUT2D eigenvalue weighted by Gasteiger charge is 2.39. The fourth-order valence-corrected chi connectivity index (χ4v) is 2.47. The molecule has 0 radical (unpaired) electrons. The van der Waals surface area contributed by atoms with Crippen molar-refractivity contribution in [3.8, 4) is 0 Å². The van der Waals surface area contributed by atoms with Crippen LogP contribution in [0.25, 0.3) is 0 Å². The fourth-order valence-electron chi connectivity index (χ4n) is 2.47. The summed E-state index contributed by atoms with van der Waals surface area (Å²) in [6.07, 6.45) is 3.53. The minimum atomic E-state index is -1.07. The minimum Gasteiger partial charge on any atom is -0.477 e. The lowest BCUT2D eigenvalue weighted by Crippen LogP contribution is -2.40. The van der Waals surface area contributed by atoms with Gasteiger partial charge >= 0.3 is 5.97 Å². The number of nitrogens with one attached hydrogen (secondary N) is 1. The zero-order valence-electron chi connectivity index (χ0n) is 10.6. The van der Waals surface area contributed by atoms with Crippen LogP contribution in [0.2, 0.25) is 0 Å². The van der Waals surface area contributed by atoms with Crippen LogP contribution in [0.15, 0.2) is 18.2 Å². The highest BCUT2D eigenvalue weighted by molar-refractivity contribution is 5.85. The van der Waals surface area contributed by atoms with Crippen LogP contribution in [-0.2, 0) is 4.79 Å². The second-order valence-electron chi connectivity index (χ2n) is 4.92. The molecule has 1 aliphatic rings. The van der Waals surface area contributed by atoms with Gasteiger partial charge in [0.05, 0.1) is 5.41 Å². The fraction of sp³-hybridized carbons (Fsp3) is 0.462. The second kappa shape index (κ2) is 5.26. The van der Waals surface area contributed by atoms with Gasteiger partial charge in [-0.1, -0.05) is 18.9 Å². The summed E-state index contributed by atoms with van der Waals surface area (Å²) in [7, 11) is 0. The standard InChI is InChI=1S/C13H17N3O3/c14-12(19)13(6-1-2-7-13)8-15-10-5-3-4-9(16-10)11(17)18/h3-5H,1-2,6-8H2,(H2,14,19)(H,15,16)(H,17,18). The van der Waals surface area contributed by atoms with E-state index < -0.39 is 11.4 Å². The topological polar surface area (TPSA) is 105 Å². The molecule has 1 aromatic heterocycles. The molecule has 1 aliphatic carbocycles. The van der Waals surface area contributed by atoms with Crippen molar-refractivity contribution in [2.24, 2.45) is 11.1 Å². The molecule has 0 unspecified atom stereocenters. The molecular formula is C13H17N3O3. The van der Waals surface area contributed by atoms with Gasteiger partial charge in [-0.15, -0.1) is 0 Å². The van der Waals surface area contributed by atoms with Crippen LogP contribution in [0, 0.1) is 5.41 Å². The summed E-state index contributed by atoms with van der Waals surface area (Å²) in [6.45, 7) is 0.401. The number of anilines is 1. The molecular weight excluding hydrogens is 246 g/mol. The Labute approximate surface area is 111 Å². The molecule has 0 aliphatic heterocycles. The Hall–Kier alpha value is -2.11. The molecule has 1 aromatic rings. The summed E-state index contributed by atoms with van der Waals surface area (Å²) in [5.41, 5.74) is 4.93.